The molecule has 5 heteroatoms. The number of amides is 1. The fourth-order valence-corrected chi connectivity index (χ4v) is 2.39. The molecule has 2 aromatic carbocycles. The fourth-order valence-electron chi connectivity index (χ4n) is 1.99. The molecule has 3 nitrogen and oxygen atoms in total. The summed E-state index contributed by atoms with van der Waals surface area (Å²) in [6.45, 7) is 0. The molecule has 0 saturated carbocycles. The molecule has 1 aromatic heterocycles. The lowest BCUT2D eigenvalue weighted by Crippen LogP contribution is -2.12. The van der Waals surface area contributed by atoms with Crippen molar-refractivity contribution in [3.8, 4) is 0 Å². The number of rotatable bonds is 2. The Labute approximate surface area is 122 Å². The predicted molar refractivity (Wildman–Crippen MR) is 80.4 cm³/mol. The van der Waals surface area contributed by atoms with Crippen molar-refractivity contribution in [1.82, 2.24) is 4.98 Å². The number of halogens is 2. The lowest BCUT2D eigenvalue weighted by molar-refractivity contribution is 0.102. The smallest absolute Gasteiger partial charge is 0.272 e. The minimum Gasteiger partial charge on any atom is -0.351 e. The second-order valence-electron chi connectivity index (χ2n) is 4.38. The maximum atomic E-state index is 13.1. The molecule has 0 aliphatic carbocycles. The SMILES string of the molecule is O=C(Nc1cccc(Br)c1)c1cc2cc(F)ccc2[nH]1. The second-order valence-corrected chi connectivity index (χ2v) is 5.29. The minimum atomic E-state index is -0.324. The van der Waals surface area contributed by atoms with Gasteiger partial charge >= 0.3 is 0 Å². The third-order valence-electron chi connectivity index (χ3n) is 2.91. The number of fused-ring (bicyclic) bond motifs is 1. The number of carbonyl (C=O) groups is 1. The molecule has 0 radical (unpaired) electrons. The van der Waals surface area contributed by atoms with Gasteiger partial charge in [0, 0.05) is 21.1 Å². The van der Waals surface area contributed by atoms with Gasteiger partial charge in [0.2, 0.25) is 0 Å². The molecule has 0 spiro atoms. The Morgan fingerprint density at radius 3 is 2.80 bits per heavy atom. The topological polar surface area (TPSA) is 44.9 Å². The number of aromatic amines is 1. The van der Waals surface area contributed by atoms with Gasteiger partial charge in [0.25, 0.3) is 5.91 Å². The quantitative estimate of drug-likeness (QED) is 0.721. The van der Waals surface area contributed by atoms with Crippen molar-refractivity contribution in [2.45, 2.75) is 0 Å². The van der Waals surface area contributed by atoms with Crippen LogP contribution in [0.5, 0.6) is 0 Å². The molecule has 0 unspecified atom stereocenters. The highest BCUT2D eigenvalue weighted by atomic mass is 79.9. The summed E-state index contributed by atoms with van der Waals surface area (Å²) in [6.07, 6.45) is 0. The van der Waals surface area contributed by atoms with Crippen LogP contribution in [0.4, 0.5) is 10.1 Å². The maximum absolute atomic E-state index is 13.1. The fraction of sp³-hybridized carbons (Fsp3) is 0. The van der Waals surface area contributed by atoms with Gasteiger partial charge in [-0.3, -0.25) is 4.79 Å². The molecule has 0 atom stereocenters. The number of hydrogen-bond donors (Lipinski definition) is 2. The summed E-state index contributed by atoms with van der Waals surface area (Å²) < 4.78 is 14.0. The summed E-state index contributed by atoms with van der Waals surface area (Å²) in [7, 11) is 0. The van der Waals surface area contributed by atoms with Crippen molar-refractivity contribution >= 4 is 38.4 Å². The molecule has 0 bridgehead atoms. The second kappa shape index (κ2) is 5.09. The molecule has 0 aliphatic rings. The largest absolute Gasteiger partial charge is 0.351 e. The van der Waals surface area contributed by atoms with Gasteiger partial charge in [-0.2, -0.15) is 0 Å². The third-order valence-corrected chi connectivity index (χ3v) is 3.40. The number of H-pyrrole nitrogens is 1. The van der Waals surface area contributed by atoms with Gasteiger partial charge in [-0.05, 0) is 42.5 Å². The predicted octanol–water partition coefficient (Wildman–Crippen LogP) is 4.32. The zero-order valence-electron chi connectivity index (χ0n) is 10.3. The molecule has 20 heavy (non-hydrogen) atoms. The van der Waals surface area contributed by atoms with E-state index in [1.165, 1.54) is 12.1 Å². The van der Waals surface area contributed by atoms with Crippen molar-refractivity contribution in [3.05, 3.63) is 64.5 Å². The average Bonchev–Trinajstić information content (AvgIpc) is 2.81. The highest BCUT2D eigenvalue weighted by Crippen LogP contribution is 2.19. The first kappa shape index (κ1) is 12.9. The molecule has 0 saturated heterocycles. The number of benzene rings is 2. The molecule has 1 amide bonds. The van der Waals surface area contributed by atoms with Gasteiger partial charge in [-0.25, -0.2) is 4.39 Å². The van der Waals surface area contributed by atoms with Crippen LogP contribution in [0.2, 0.25) is 0 Å². The Morgan fingerprint density at radius 1 is 1.15 bits per heavy atom. The number of hydrogen-bond acceptors (Lipinski definition) is 1. The van der Waals surface area contributed by atoms with E-state index in [4.69, 9.17) is 0 Å². The van der Waals surface area contributed by atoms with Crippen LogP contribution in [0.15, 0.2) is 53.0 Å². The third kappa shape index (κ3) is 2.58. The van der Waals surface area contributed by atoms with E-state index in [0.717, 1.165) is 9.99 Å². The van der Waals surface area contributed by atoms with Crippen molar-refractivity contribution < 1.29 is 9.18 Å². The van der Waals surface area contributed by atoms with E-state index in [-0.39, 0.29) is 11.7 Å². The van der Waals surface area contributed by atoms with Crippen LogP contribution in [0, 0.1) is 5.82 Å². The van der Waals surface area contributed by atoms with E-state index in [9.17, 15) is 9.18 Å². The summed E-state index contributed by atoms with van der Waals surface area (Å²) >= 11 is 3.34. The Morgan fingerprint density at radius 2 is 2.00 bits per heavy atom. The monoisotopic (exact) mass is 332 g/mol. The number of carbonyl (C=O) groups excluding carboxylic acids is 1. The summed E-state index contributed by atoms with van der Waals surface area (Å²) in [5.74, 6) is -0.588. The number of anilines is 1. The summed E-state index contributed by atoms with van der Waals surface area (Å²) in [5.41, 5.74) is 1.81. The van der Waals surface area contributed by atoms with Crippen molar-refractivity contribution in [2.75, 3.05) is 5.32 Å². The standard InChI is InChI=1S/C15H10BrFN2O/c16-10-2-1-3-12(8-10)18-15(20)14-7-9-6-11(17)4-5-13(9)19-14/h1-8,19H,(H,18,20). The van der Waals surface area contributed by atoms with Gasteiger partial charge < -0.3 is 10.3 Å². The first-order valence-electron chi connectivity index (χ1n) is 5.97. The van der Waals surface area contributed by atoms with Gasteiger partial charge in [0.15, 0.2) is 0 Å². The normalized spacial score (nSPS) is 10.7. The Balaban J connectivity index is 1.88. The molecule has 3 aromatic rings. The zero-order valence-corrected chi connectivity index (χ0v) is 11.9. The molecule has 2 N–H and O–H groups in total. The van der Waals surface area contributed by atoms with Gasteiger partial charge in [-0.1, -0.05) is 22.0 Å². The lowest BCUT2D eigenvalue weighted by Gasteiger charge is -2.03. The van der Waals surface area contributed by atoms with Gasteiger partial charge in [-0.15, -0.1) is 0 Å². The van der Waals surface area contributed by atoms with Crippen LogP contribution in [-0.2, 0) is 0 Å². The molecular weight excluding hydrogens is 323 g/mol. The first-order chi connectivity index (χ1) is 9.61. The van der Waals surface area contributed by atoms with E-state index in [1.807, 2.05) is 12.1 Å². The van der Waals surface area contributed by atoms with Crippen molar-refractivity contribution in [2.24, 2.45) is 0 Å². The summed E-state index contributed by atoms with van der Waals surface area (Å²) in [6, 6.07) is 13.3. The van der Waals surface area contributed by atoms with Crippen LogP contribution < -0.4 is 5.32 Å². The molecule has 0 fully saturated rings. The molecule has 1 heterocycles. The van der Waals surface area contributed by atoms with Crippen molar-refractivity contribution in [1.29, 1.82) is 0 Å². The van der Waals surface area contributed by atoms with Crippen LogP contribution in [-0.4, -0.2) is 10.9 Å². The van der Waals surface area contributed by atoms with E-state index in [1.54, 1.807) is 24.3 Å². The van der Waals surface area contributed by atoms with Gasteiger partial charge in [0.1, 0.15) is 11.5 Å². The first-order valence-corrected chi connectivity index (χ1v) is 6.76. The minimum absolute atomic E-state index is 0.264. The van der Waals surface area contributed by atoms with Crippen molar-refractivity contribution in [3.63, 3.8) is 0 Å². The molecular formula is C15H10BrFN2O. The molecule has 100 valence electrons. The summed E-state index contributed by atoms with van der Waals surface area (Å²) in [5, 5.41) is 3.45. The number of aromatic nitrogens is 1. The number of nitrogens with one attached hydrogen (secondary N) is 2. The van der Waals surface area contributed by atoms with E-state index in [2.05, 4.69) is 26.2 Å². The maximum Gasteiger partial charge on any atom is 0.272 e. The zero-order chi connectivity index (χ0) is 14.1. The van der Waals surface area contributed by atoms with E-state index < -0.39 is 0 Å². The molecule has 0 aliphatic heterocycles. The van der Waals surface area contributed by atoms with E-state index in [0.29, 0.717) is 16.8 Å². The van der Waals surface area contributed by atoms with E-state index >= 15 is 0 Å². The molecule has 3 rings (SSSR count). The Bertz CT molecular complexity index is 797. The highest BCUT2D eigenvalue weighted by molar-refractivity contribution is 9.10. The summed E-state index contributed by atoms with van der Waals surface area (Å²) in [4.78, 5) is 15.1. The average molecular weight is 333 g/mol. The van der Waals surface area contributed by atoms with Gasteiger partial charge in [0.05, 0.1) is 0 Å². The van der Waals surface area contributed by atoms with Crippen LogP contribution in [0.25, 0.3) is 10.9 Å². The lowest BCUT2D eigenvalue weighted by atomic mass is 10.2. The highest BCUT2D eigenvalue weighted by Gasteiger charge is 2.10. The van der Waals surface area contributed by atoms with Crippen LogP contribution >= 0.6 is 15.9 Å². The van der Waals surface area contributed by atoms with Crippen LogP contribution in [0.3, 0.4) is 0 Å². The Kier molecular flexibility index (Phi) is 3.28. The van der Waals surface area contributed by atoms with Crippen LogP contribution in [0.1, 0.15) is 10.5 Å². The Hall–Kier alpha value is -2.14.